The van der Waals surface area contributed by atoms with Gasteiger partial charge < -0.3 is 10.8 Å². The van der Waals surface area contributed by atoms with E-state index in [1.165, 1.54) is 32.1 Å². The van der Waals surface area contributed by atoms with E-state index in [-0.39, 0.29) is 54.8 Å². The Hall–Kier alpha value is 0.0114. The number of alkyl halides is 1. The van der Waals surface area contributed by atoms with Gasteiger partial charge in [0.1, 0.15) is 10.1 Å². The van der Waals surface area contributed by atoms with E-state index < -0.39 is 10.4 Å². The number of para-hydroxylation sites is 1. The summed E-state index contributed by atoms with van der Waals surface area (Å²) in [7, 11) is 0. The number of carbonyl (C=O) groups is 2. The van der Waals surface area contributed by atoms with Crippen molar-refractivity contribution in [3.63, 3.8) is 0 Å². The standard InChI is InChI=1S/C13H20O.C7H13BrN2O2.Ba.2H/c1-2-3-4-5-6-9-12-10-7-8-11-13(12)14;1-3-7(8,4-2)5(11)10-6(9)12;;;/h7-8,10-11,14H,2-6,9H2,1H3;3-4H2,1-2H3,(H3,9,10,11,12);;;. The number of hydrogen-bond acceptors (Lipinski definition) is 3. The number of hydrogen-bond donors (Lipinski definition) is 3. The van der Waals surface area contributed by atoms with E-state index in [0.29, 0.717) is 18.6 Å². The summed E-state index contributed by atoms with van der Waals surface area (Å²) in [5, 5.41) is 11.6. The van der Waals surface area contributed by atoms with Crippen LogP contribution in [0.2, 0.25) is 0 Å². The number of nitrogens with two attached hydrogens (primary N) is 1. The quantitative estimate of drug-likeness (QED) is 0.238. The minimum atomic E-state index is -0.814. The summed E-state index contributed by atoms with van der Waals surface area (Å²) in [4.78, 5) is 21.6. The van der Waals surface area contributed by atoms with Crippen LogP contribution >= 0.6 is 15.9 Å². The van der Waals surface area contributed by atoms with Crippen molar-refractivity contribution in [3.05, 3.63) is 29.8 Å². The summed E-state index contributed by atoms with van der Waals surface area (Å²) in [6.07, 6.45) is 8.66. The number of benzene rings is 1. The molecular formula is C20H35BaBrN2O3. The number of rotatable bonds is 9. The maximum absolute atomic E-state index is 11.3. The Bertz CT molecular complexity index is 552. The van der Waals surface area contributed by atoms with Crippen molar-refractivity contribution in [2.75, 3.05) is 0 Å². The Kier molecular flexibility index (Phi) is 18.3. The molecule has 152 valence electrons. The second-order valence-corrected chi connectivity index (χ2v) is 7.80. The van der Waals surface area contributed by atoms with E-state index in [2.05, 4.69) is 22.9 Å². The molecule has 5 nitrogen and oxygen atoms in total. The van der Waals surface area contributed by atoms with Crippen LogP contribution in [0.3, 0.4) is 0 Å². The first-order valence-electron chi connectivity index (χ1n) is 9.37. The first kappa shape index (κ1) is 29.2. The normalized spacial score (nSPS) is 10.2. The summed E-state index contributed by atoms with van der Waals surface area (Å²) in [6.45, 7) is 5.95. The maximum atomic E-state index is 11.3. The number of phenols is 1. The van der Waals surface area contributed by atoms with Crippen LogP contribution in [-0.4, -0.2) is 70.3 Å². The fourth-order valence-corrected chi connectivity index (χ4v) is 2.54. The molecule has 0 heterocycles. The van der Waals surface area contributed by atoms with Crippen molar-refractivity contribution in [2.45, 2.75) is 76.5 Å². The molecule has 0 fully saturated rings. The van der Waals surface area contributed by atoms with Crippen LogP contribution in [0.25, 0.3) is 0 Å². The van der Waals surface area contributed by atoms with Gasteiger partial charge in [0.05, 0.1) is 0 Å². The van der Waals surface area contributed by atoms with Crippen molar-refractivity contribution in [1.29, 1.82) is 0 Å². The summed E-state index contributed by atoms with van der Waals surface area (Å²) in [5.74, 6) is 0.0722. The molecule has 1 aromatic carbocycles. The fraction of sp³-hybridized carbons (Fsp3) is 0.600. The number of phenolic OH excluding ortho intramolecular Hbond substituents is 1. The zero-order valence-corrected chi connectivity index (χ0v) is 17.8. The molecule has 0 saturated carbocycles. The number of urea groups is 1. The topological polar surface area (TPSA) is 92.4 Å². The number of amides is 3. The number of unbranched alkanes of at least 4 members (excludes halogenated alkanes) is 4. The molecule has 0 unspecified atom stereocenters. The number of halogens is 1. The van der Waals surface area contributed by atoms with Crippen LogP contribution in [0.5, 0.6) is 5.75 Å². The molecule has 0 bridgehead atoms. The second-order valence-electron chi connectivity index (χ2n) is 6.28. The van der Waals surface area contributed by atoms with Crippen molar-refractivity contribution >= 4 is 76.7 Å². The molecule has 1 aromatic rings. The molecule has 27 heavy (non-hydrogen) atoms. The van der Waals surface area contributed by atoms with E-state index in [1.807, 2.05) is 37.4 Å². The van der Waals surface area contributed by atoms with Crippen molar-refractivity contribution in [3.8, 4) is 5.75 Å². The number of imide groups is 1. The zero-order valence-electron chi connectivity index (χ0n) is 16.2. The Morgan fingerprint density at radius 2 is 1.63 bits per heavy atom. The molecule has 0 aliphatic heterocycles. The number of aryl methyl sites for hydroxylation is 1. The van der Waals surface area contributed by atoms with Gasteiger partial charge in [-0.1, -0.05) is 80.6 Å². The SMILES string of the molecule is CCC(Br)(CC)C(=O)NC(N)=O.CCCCCCCc1ccccc1O.[BaH2]. The van der Waals surface area contributed by atoms with Gasteiger partial charge in [-0.05, 0) is 37.3 Å². The Balaban J connectivity index is 0. The summed E-state index contributed by atoms with van der Waals surface area (Å²) >= 11 is 3.26. The number of aromatic hydroxyl groups is 1. The number of carbonyl (C=O) groups excluding carboxylic acids is 2. The number of primary amides is 1. The van der Waals surface area contributed by atoms with Crippen LogP contribution in [-0.2, 0) is 11.2 Å². The fourth-order valence-electron chi connectivity index (χ4n) is 2.44. The molecule has 3 amide bonds. The van der Waals surface area contributed by atoms with E-state index in [1.54, 1.807) is 6.07 Å². The minimum absolute atomic E-state index is 0. The van der Waals surface area contributed by atoms with Gasteiger partial charge in [-0.25, -0.2) is 4.79 Å². The van der Waals surface area contributed by atoms with Gasteiger partial charge in [0.2, 0.25) is 5.91 Å². The molecule has 0 atom stereocenters. The molecular weight excluding hydrogens is 533 g/mol. The van der Waals surface area contributed by atoms with Gasteiger partial charge in [0.15, 0.2) is 0 Å². The van der Waals surface area contributed by atoms with E-state index >= 15 is 0 Å². The summed E-state index contributed by atoms with van der Waals surface area (Å²) in [5.41, 5.74) is 5.89. The Labute approximate surface area is 212 Å². The van der Waals surface area contributed by atoms with Gasteiger partial charge in [-0.2, -0.15) is 0 Å². The molecule has 0 aromatic heterocycles. The molecule has 7 heteroatoms. The molecule has 0 saturated heterocycles. The van der Waals surface area contributed by atoms with Crippen LogP contribution in [0.15, 0.2) is 24.3 Å². The van der Waals surface area contributed by atoms with E-state index in [0.717, 1.165) is 12.0 Å². The Morgan fingerprint density at radius 1 is 1.07 bits per heavy atom. The molecule has 0 aliphatic carbocycles. The van der Waals surface area contributed by atoms with Crippen molar-refractivity contribution < 1.29 is 14.7 Å². The first-order valence-corrected chi connectivity index (χ1v) is 10.2. The third-order valence-corrected chi connectivity index (χ3v) is 5.79. The van der Waals surface area contributed by atoms with Gasteiger partial charge in [0.25, 0.3) is 0 Å². The van der Waals surface area contributed by atoms with Crippen LogP contribution in [0.4, 0.5) is 4.79 Å². The summed E-state index contributed by atoms with van der Waals surface area (Å²) < 4.78 is -0.665. The van der Waals surface area contributed by atoms with Crippen molar-refractivity contribution in [2.24, 2.45) is 5.73 Å². The third-order valence-electron chi connectivity index (χ3n) is 4.31. The van der Waals surface area contributed by atoms with Crippen LogP contribution < -0.4 is 11.1 Å². The Morgan fingerprint density at radius 3 is 2.11 bits per heavy atom. The first-order chi connectivity index (χ1) is 12.3. The van der Waals surface area contributed by atoms with Gasteiger partial charge in [0, 0.05) is 0 Å². The van der Waals surface area contributed by atoms with Crippen LogP contribution in [0.1, 0.15) is 71.3 Å². The summed E-state index contributed by atoms with van der Waals surface area (Å²) in [6, 6.07) is 6.82. The average Bonchev–Trinajstić information content (AvgIpc) is 2.62. The predicted octanol–water partition coefficient (Wildman–Crippen LogP) is 4.12. The third kappa shape index (κ3) is 13.0. The second kappa shape index (κ2) is 16.9. The molecule has 0 radical (unpaired) electrons. The predicted molar refractivity (Wildman–Crippen MR) is 119 cm³/mol. The molecule has 4 N–H and O–H groups in total. The molecule has 1 rings (SSSR count). The van der Waals surface area contributed by atoms with Crippen LogP contribution in [0, 0.1) is 0 Å². The van der Waals surface area contributed by atoms with Crippen molar-refractivity contribution in [1.82, 2.24) is 5.32 Å². The molecule has 0 aliphatic rings. The van der Waals surface area contributed by atoms with E-state index in [9.17, 15) is 14.7 Å². The van der Waals surface area contributed by atoms with Gasteiger partial charge in [-0.15, -0.1) is 0 Å². The number of nitrogens with one attached hydrogen (secondary N) is 1. The van der Waals surface area contributed by atoms with Gasteiger partial charge in [-0.3, -0.25) is 10.1 Å². The molecule has 0 spiro atoms. The average molecular weight is 569 g/mol. The zero-order chi connectivity index (χ0) is 20.0. The monoisotopic (exact) mass is 568 g/mol. The van der Waals surface area contributed by atoms with E-state index in [4.69, 9.17) is 5.73 Å². The van der Waals surface area contributed by atoms with Gasteiger partial charge >= 0.3 is 54.9 Å².